The molecule has 112 valence electrons. The molecule has 0 unspecified atom stereocenters. The second-order valence-corrected chi connectivity index (χ2v) is 4.96. The molecule has 21 heavy (non-hydrogen) atoms. The first kappa shape index (κ1) is 15.3. The average Bonchev–Trinajstić information content (AvgIpc) is 2.45. The lowest BCUT2D eigenvalue weighted by Gasteiger charge is -2.15. The molecule has 2 aromatic rings. The van der Waals surface area contributed by atoms with Crippen LogP contribution in [0.4, 0.5) is 4.39 Å². The highest BCUT2D eigenvalue weighted by Crippen LogP contribution is 2.28. The first-order valence-corrected chi connectivity index (χ1v) is 6.75. The Kier molecular flexibility index (Phi) is 4.81. The van der Waals surface area contributed by atoms with Gasteiger partial charge in [0.1, 0.15) is 23.9 Å². The molecular formula is C17H19FO3. The summed E-state index contributed by atoms with van der Waals surface area (Å²) < 4.78 is 24.3. The number of ether oxygens (including phenoxy) is 2. The maximum atomic E-state index is 13.4. The van der Waals surface area contributed by atoms with Crippen LogP contribution in [0.25, 0.3) is 0 Å². The molecule has 1 atom stereocenters. The highest BCUT2D eigenvalue weighted by Gasteiger charge is 2.12. The number of aliphatic hydroxyl groups is 1. The van der Waals surface area contributed by atoms with Crippen LogP contribution in [-0.4, -0.2) is 12.2 Å². The van der Waals surface area contributed by atoms with Gasteiger partial charge >= 0.3 is 0 Å². The summed E-state index contributed by atoms with van der Waals surface area (Å²) in [5.74, 6) is 0.662. The van der Waals surface area contributed by atoms with Gasteiger partial charge < -0.3 is 14.6 Å². The van der Waals surface area contributed by atoms with Gasteiger partial charge in [0.15, 0.2) is 0 Å². The molecule has 2 aromatic carbocycles. The lowest BCUT2D eigenvalue weighted by molar-refractivity contribution is 0.189. The molecule has 0 aliphatic carbocycles. The van der Waals surface area contributed by atoms with Gasteiger partial charge in [0.05, 0.1) is 13.2 Å². The van der Waals surface area contributed by atoms with Crippen molar-refractivity contribution in [3.63, 3.8) is 0 Å². The maximum absolute atomic E-state index is 13.4. The number of methoxy groups -OCH3 is 1. The van der Waals surface area contributed by atoms with E-state index < -0.39 is 11.9 Å². The molecule has 0 aliphatic rings. The first-order valence-electron chi connectivity index (χ1n) is 6.75. The first-order chi connectivity index (χ1) is 10.0. The third-order valence-electron chi connectivity index (χ3n) is 3.24. The van der Waals surface area contributed by atoms with E-state index in [9.17, 15) is 9.50 Å². The minimum absolute atomic E-state index is 0.244. The molecule has 0 saturated heterocycles. The summed E-state index contributed by atoms with van der Waals surface area (Å²) in [5, 5.41) is 9.71. The molecule has 0 amide bonds. The molecule has 3 nitrogen and oxygen atoms in total. The molecular weight excluding hydrogens is 271 g/mol. The zero-order chi connectivity index (χ0) is 15.4. The summed E-state index contributed by atoms with van der Waals surface area (Å²) in [6.45, 7) is 3.84. The normalized spacial score (nSPS) is 12.0. The van der Waals surface area contributed by atoms with Gasteiger partial charge in [-0.05, 0) is 38.1 Å². The fourth-order valence-corrected chi connectivity index (χ4v) is 2.15. The zero-order valence-corrected chi connectivity index (χ0v) is 12.4. The minimum Gasteiger partial charge on any atom is -0.496 e. The van der Waals surface area contributed by atoms with Gasteiger partial charge in [0, 0.05) is 17.2 Å². The van der Waals surface area contributed by atoms with Crippen molar-refractivity contribution in [2.24, 2.45) is 0 Å². The van der Waals surface area contributed by atoms with Gasteiger partial charge in [-0.3, -0.25) is 0 Å². The fourth-order valence-electron chi connectivity index (χ4n) is 2.15. The standard InChI is InChI=1S/C17H19FO3/c1-11-4-7-16(20-3)13(8-11)10-21-17-9-14(18)5-6-15(17)12(2)19/h4-9,12,19H,10H2,1-3H3/t12-/m1/s1. The number of halogens is 1. The molecule has 1 N–H and O–H groups in total. The highest BCUT2D eigenvalue weighted by atomic mass is 19.1. The predicted octanol–water partition coefficient (Wildman–Crippen LogP) is 3.78. The average molecular weight is 290 g/mol. The summed E-state index contributed by atoms with van der Waals surface area (Å²) >= 11 is 0. The van der Waals surface area contributed by atoms with Crippen molar-refractivity contribution in [1.29, 1.82) is 0 Å². The van der Waals surface area contributed by atoms with Crippen LogP contribution in [0.1, 0.15) is 29.7 Å². The molecule has 0 radical (unpaired) electrons. The monoisotopic (exact) mass is 290 g/mol. The van der Waals surface area contributed by atoms with E-state index in [2.05, 4.69) is 0 Å². The summed E-state index contributed by atoms with van der Waals surface area (Å²) in [4.78, 5) is 0. The highest BCUT2D eigenvalue weighted by molar-refractivity contribution is 5.39. The third kappa shape index (κ3) is 3.73. The number of rotatable bonds is 5. The lowest BCUT2D eigenvalue weighted by Crippen LogP contribution is -2.03. The van der Waals surface area contributed by atoms with E-state index in [0.29, 0.717) is 11.3 Å². The number of hydrogen-bond donors (Lipinski definition) is 1. The second-order valence-electron chi connectivity index (χ2n) is 4.96. The maximum Gasteiger partial charge on any atom is 0.128 e. The lowest BCUT2D eigenvalue weighted by atomic mass is 10.1. The fraction of sp³-hybridized carbons (Fsp3) is 0.294. The molecule has 0 heterocycles. The van der Waals surface area contributed by atoms with E-state index in [0.717, 1.165) is 16.9 Å². The van der Waals surface area contributed by atoms with Crippen LogP contribution >= 0.6 is 0 Å². The molecule has 0 spiro atoms. The Morgan fingerprint density at radius 1 is 1.14 bits per heavy atom. The molecule has 0 fully saturated rings. The van der Waals surface area contributed by atoms with Crippen LogP contribution in [-0.2, 0) is 6.61 Å². The number of aryl methyl sites for hydroxylation is 1. The summed E-state index contributed by atoms with van der Waals surface area (Å²) in [7, 11) is 1.59. The van der Waals surface area contributed by atoms with Crippen LogP contribution in [0.5, 0.6) is 11.5 Å². The zero-order valence-electron chi connectivity index (χ0n) is 12.4. The Hall–Kier alpha value is -2.07. The van der Waals surface area contributed by atoms with E-state index >= 15 is 0 Å². The molecule has 0 bridgehead atoms. The second kappa shape index (κ2) is 6.59. The predicted molar refractivity (Wildman–Crippen MR) is 79.1 cm³/mol. The Balaban J connectivity index is 2.24. The topological polar surface area (TPSA) is 38.7 Å². The van der Waals surface area contributed by atoms with Crippen molar-refractivity contribution in [1.82, 2.24) is 0 Å². The molecule has 2 rings (SSSR count). The van der Waals surface area contributed by atoms with Crippen molar-refractivity contribution >= 4 is 0 Å². The van der Waals surface area contributed by atoms with Crippen LogP contribution in [0.3, 0.4) is 0 Å². The van der Waals surface area contributed by atoms with Crippen molar-refractivity contribution in [3.05, 3.63) is 58.9 Å². The molecule has 4 heteroatoms. The van der Waals surface area contributed by atoms with E-state index in [1.54, 1.807) is 14.0 Å². The Labute approximate surface area is 124 Å². The minimum atomic E-state index is -0.722. The van der Waals surface area contributed by atoms with E-state index in [4.69, 9.17) is 9.47 Å². The summed E-state index contributed by atoms with van der Waals surface area (Å²) in [6.07, 6.45) is -0.722. The SMILES string of the molecule is COc1ccc(C)cc1COc1cc(F)ccc1[C@@H](C)O. The van der Waals surface area contributed by atoms with Gasteiger partial charge in [-0.1, -0.05) is 11.6 Å². The van der Waals surface area contributed by atoms with E-state index in [-0.39, 0.29) is 6.61 Å². The van der Waals surface area contributed by atoms with Crippen LogP contribution < -0.4 is 9.47 Å². The van der Waals surface area contributed by atoms with Crippen molar-refractivity contribution in [2.45, 2.75) is 26.6 Å². The van der Waals surface area contributed by atoms with Gasteiger partial charge in [0.2, 0.25) is 0 Å². The Morgan fingerprint density at radius 3 is 2.57 bits per heavy atom. The van der Waals surface area contributed by atoms with Crippen LogP contribution in [0.2, 0.25) is 0 Å². The number of hydrogen-bond acceptors (Lipinski definition) is 3. The third-order valence-corrected chi connectivity index (χ3v) is 3.24. The quantitative estimate of drug-likeness (QED) is 0.911. The van der Waals surface area contributed by atoms with Gasteiger partial charge in [-0.25, -0.2) is 4.39 Å². The number of aliphatic hydroxyl groups excluding tert-OH is 1. The Bertz CT molecular complexity index is 623. The molecule has 0 aliphatic heterocycles. The van der Waals surface area contributed by atoms with Crippen LogP contribution in [0.15, 0.2) is 36.4 Å². The van der Waals surface area contributed by atoms with E-state index in [1.165, 1.54) is 18.2 Å². The summed E-state index contributed by atoms with van der Waals surface area (Å²) in [5.41, 5.74) is 2.52. The molecule has 0 saturated carbocycles. The van der Waals surface area contributed by atoms with Crippen molar-refractivity contribution in [3.8, 4) is 11.5 Å². The van der Waals surface area contributed by atoms with Crippen LogP contribution in [0, 0.1) is 12.7 Å². The Morgan fingerprint density at radius 2 is 1.90 bits per heavy atom. The van der Waals surface area contributed by atoms with Gasteiger partial charge in [-0.2, -0.15) is 0 Å². The van der Waals surface area contributed by atoms with Gasteiger partial charge in [-0.15, -0.1) is 0 Å². The largest absolute Gasteiger partial charge is 0.496 e. The smallest absolute Gasteiger partial charge is 0.128 e. The van der Waals surface area contributed by atoms with Crippen molar-refractivity contribution < 1.29 is 19.0 Å². The van der Waals surface area contributed by atoms with E-state index in [1.807, 2.05) is 25.1 Å². The van der Waals surface area contributed by atoms with Gasteiger partial charge in [0.25, 0.3) is 0 Å². The summed E-state index contributed by atoms with van der Waals surface area (Å²) in [6, 6.07) is 9.90. The number of benzene rings is 2. The molecule has 0 aromatic heterocycles. The van der Waals surface area contributed by atoms with Crippen molar-refractivity contribution in [2.75, 3.05) is 7.11 Å².